The van der Waals surface area contributed by atoms with Gasteiger partial charge in [0.05, 0.1) is 11.4 Å². The molecule has 0 bridgehead atoms. The molecule has 33 heavy (non-hydrogen) atoms. The summed E-state index contributed by atoms with van der Waals surface area (Å²) < 4.78 is 0. The Hall–Kier alpha value is -3.94. The van der Waals surface area contributed by atoms with Crippen LogP contribution in [0.1, 0.15) is 49.3 Å². The van der Waals surface area contributed by atoms with E-state index in [4.69, 9.17) is 5.11 Å². The Kier molecular flexibility index (Phi) is 6.53. The number of carbonyl (C=O) groups excluding carboxylic acids is 1. The van der Waals surface area contributed by atoms with Crippen LogP contribution in [0.3, 0.4) is 0 Å². The van der Waals surface area contributed by atoms with Crippen molar-refractivity contribution in [2.24, 2.45) is 10.2 Å². The second kappa shape index (κ2) is 9.68. The summed E-state index contributed by atoms with van der Waals surface area (Å²) >= 11 is 0. The number of benzene rings is 2. The number of amides is 1. The molecule has 1 aliphatic carbocycles. The molecule has 170 valence electrons. The first-order chi connectivity index (χ1) is 15.9. The van der Waals surface area contributed by atoms with Crippen molar-refractivity contribution in [3.8, 4) is 5.75 Å². The van der Waals surface area contributed by atoms with Crippen LogP contribution >= 0.6 is 0 Å². The molecule has 0 fully saturated rings. The monoisotopic (exact) mass is 446 g/mol. The van der Waals surface area contributed by atoms with Gasteiger partial charge in [-0.05, 0) is 61.4 Å². The van der Waals surface area contributed by atoms with Crippen LogP contribution in [-0.2, 0) is 16.0 Å². The number of fused-ring (bicyclic) bond motifs is 1. The number of aryl methyl sites for hydroxylation is 1. The summed E-state index contributed by atoms with van der Waals surface area (Å²) in [6.45, 7) is 1.87. The Morgan fingerprint density at radius 3 is 2.85 bits per heavy atom. The van der Waals surface area contributed by atoms with Crippen LogP contribution in [-0.4, -0.2) is 45.1 Å². The lowest BCUT2D eigenvalue weighted by Gasteiger charge is -2.19. The molecule has 2 aromatic rings. The number of aromatic hydroxyl groups is 1. The van der Waals surface area contributed by atoms with E-state index in [9.17, 15) is 14.7 Å². The van der Waals surface area contributed by atoms with E-state index in [1.807, 2.05) is 30.3 Å². The number of hydrogen-bond donors (Lipinski definition) is 3. The topological polar surface area (TPSA) is 115 Å². The Morgan fingerprint density at radius 2 is 2.03 bits per heavy atom. The number of para-hydroxylation sites is 1. The van der Waals surface area contributed by atoms with Crippen LogP contribution in [0.5, 0.6) is 5.75 Å². The van der Waals surface area contributed by atoms with Gasteiger partial charge < -0.3 is 10.2 Å². The number of phenols is 1. The van der Waals surface area contributed by atoms with E-state index in [0.29, 0.717) is 23.4 Å². The third kappa shape index (κ3) is 4.95. The third-order valence-corrected chi connectivity index (χ3v) is 5.75. The second-order valence-electron chi connectivity index (χ2n) is 8.11. The van der Waals surface area contributed by atoms with E-state index < -0.39 is 11.9 Å². The van der Waals surface area contributed by atoms with Crippen molar-refractivity contribution < 1.29 is 19.8 Å². The number of rotatable bonds is 7. The molecule has 0 aromatic heterocycles. The van der Waals surface area contributed by atoms with Gasteiger partial charge in [0.25, 0.3) is 5.91 Å². The van der Waals surface area contributed by atoms with E-state index in [2.05, 4.69) is 27.8 Å². The lowest BCUT2D eigenvalue weighted by Crippen LogP contribution is -2.29. The van der Waals surface area contributed by atoms with Crippen LogP contribution in [0.4, 0.5) is 5.69 Å². The number of nitrogens with zero attached hydrogens (tertiary/aromatic N) is 3. The smallest absolute Gasteiger partial charge is 0.303 e. The molecule has 1 amide bonds. The number of allylic oxidation sites excluding steroid dienone is 1. The van der Waals surface area contributed by atoms with Gasteiger partial charge >= 0.3 is 5.97 Å². The van der Waals surface area contributed by atoms with Gasteiger partial charge in [-0.1, -0.05) is 36.4 Å². The van der Waals surface area contributed by atoms with Crippen LogP contribution in [0.25, 0.3) is 11.6 Å². The van der Waals surface area contributed by atoms with Gasteiger partial charge in [-0.2, -0.15) is 10.2 Å². The molecule has 0 saturated carbocycles. The second-order valence-corrected chi connectivity index (χ2v) is 8.11. The number of phenolic OH excluding ortho intramolecular Hbond substituents is 1. The average Bonchev–Trinajstić information content (AvgIpc) is 3.07. The number of hydrogen-bond acceptors (Lipinski definition) is 6. The molecule has 0 saturated heterocycles. The zero-order valence-electron chi connectivity index (χ0n) is 18.4. The first-order valence-corrected chi connectivity index (χ1v) is 11.0. The SMILES string of the molecule is CC1=NN(CCCC(=O)O)C(=O)/C1=N\Nc1cccc(/C=C2\CCCc3ccccc32)c1O. The molecule has 1 aliphatic heterocycles. The van der Waals surface area contributed by atoms with Crippen LogP contribution < -0.4 is 5.43 Å². The summed E-state index contributed by atoms with van der Waals surface area (Å²) in [7, 11) is 0. The predicted molar refractivity (Wildman–Crippen MR) is 128 cm³/mol. The van der Waals surface area contributed by atoms with Crippen molar-refractivity contribution in [1.29, 1.82) is 0 Å². The number of nitrogens with one attached hydrogen (secondary N) is 1. The van der Waals surface area contributed by atoms with Crippen molar-refractivity contribution in [2.75, 3.05) is 12.0 Å². The van der Waals surface area contributed by atoms with Gasteiger partial charge in [-0.3, -0.25) is 15.0 Å². The van der Waals surface area contributed by atoms with Gasteiger partial charge in [0.15, 0.2) is 5.71 Å². The summed E-state index contributed by atoms with van der Waals surface area (Å²) in [6.07, 6.45) is 5.34. The lowest BCUT2D eigenvalue weighted by atomic mass is 9.86. The van der Waals surface area contributed by atoms with Gasteiger partial charge in [-0.25, -0.2) is 5.01 Å². The highest BCUT2D eigenvalue weighted by molar-refractivity contribution is 6.68. The first kappa shape index (κ1) is 22.3. The molecule has 8 nitrogen and oxygen atoms in total. The molecule has 0 atom stereocenters. The highest BCUT2D eigenvalue weighted by Crippen LogP contribution is 2.35. The Balaban J connectivity index is 1.51. The van der Waals surface area contributed by atoms with E-state index in [1.54, 1.807) is 13.0 Å². The number of anilines is 1. The quantitative estimate of drug-likeness (QED) is 0.437. The van der Waals surface area contributed by atoms with Crippen molar-refractivity contribution in [3.05, 3.63) is 59.2 Å². The normalized spacial score (nSPS) is 17.9. The van der Waals surface area contributed by atoms with Crippen LogP contribution in [0.15, 0.2) is 52.7 Å². The molecule has 1 heterocycles. The molecule has 8 heteroatoms. The summed E-state index contributed by atoms with van der Waals surface area (Å²) in [4.78, 5) is 23.3. The number of carboxylic acid groups (broad SMARTS) is 1. The minimum atomic E-state index is -0.917. The number of hydrazone groups is 2. The summed E-state index contributed by atoms with van der Waals surface area (Å²) in [5, 5.41) is 29.2. The van der Waals surface area contributed by atoms with Crippen molar-refractivity contribution in [3.63, 3.8) is 0 Å². The molecule has 4 rings (SSSR count). The number of aliphatic carboxylic acids is 1. The van der Waals surface area contributed by atoms with Crippen molar-refractivity contribution >= 4 is 40.6 Å². The average molecular weight is 447 g/mol. The third-order valence-electron chi connectivity index (χ3n) is 5.75. The fourth-order valence-corrected chi connectivity index (χ4v) is 4.09. The van der Waals surface area contributed by atoms with Gasteiger partial charge in [-0.15, -0.1) is 0 Å². The van der Waals surface area contributed by atoms with Gasteiger partial charge in [0, 0.05) is 18.5 Å². The fraction of sp³-hybridized carbons (Fsp3) is 0.280. The molecule has 3 N–H and O–H groups in total. The molecular weight excluding hydrogens is 420 g/mol. The Bertz CT molecular complexity index is 1180. The molecule has 0 radical (unpaired) electrons. The number of carbonyl (C=O) groups is 2. The molecule has 0 unspecified atom stereocenters. The lowest BCUT2D eigenvalue weighted by molar-refractivity contribution is -0.137. The Labute approximate surface area is 191 Å². The molecule has 0 spiro atoms. The minimum absolute atomic E-state index is 0.0380. The molecular formula is C25H26N4O4. The van der Waals surface area contributed by atoms with Crippen molar-refractivity contribution in [2.45, 2.75) is 39.0 Å². The minimum Gasteiger partial charge on any atom is -0.505 e. The maximum atomic E-state index is 12.6. The van der Waals surface area contributed by atoms with E-state index in [0.717, 1.165) is 19.3 Å². The zero-order chi connectivity index (χ0) is 23.4. The van der Waals surface area contributed by atoms with E-state index in [-0.39, 0.29) is 24.4 Å². The maximum absolute atomic E-state index is 12.6. The largest absolute Gasteiger partial charge is 0.505 e. The zero-order valence-corrected chi connectivity index (χ0v) is 18.4. The van der Waals surface area contributed by atoms with Crippen LogP contribution in [0.2, 0.25) is 0 Å². The molecule has 2 aromatic carbocycles. The predicted octanol–water partition coefficient (Wildman–Crippen LogP) is 4.12. The number of carboxylic acids is 1. The summed E-state index contributed by atoms with van der Waals surface area (Å²) in [5.41, 5.74) is 8.12. The highest BCUT2D eigenvalue weighted by atomic mass is 16.4. The van der Waals surface area contributed by atoms with E-state index in [1.165, 1.54) is 21.7 Å². The van der Waals surface area contributed by atoms with Crippen molar-refractivity contribution in [1.82, 2.24) is 5.01 Å². The van der Waals surface area contributed by atoms with Gasteiger partial charge in [0.2, 0.25) is 0 Å². The highest BCUT2D eigenvalue weighted by Gasteiger charge is 2.29. The Morgan fingerprint density at radius 1 is 1.21 bits per heavy atom. The maximum Gasteiger partial charge on any atom is 0.303 e. The van der Waals surface area contributed by atoms with E-state index >= 15 is 0 Å². The summed E-state index contributed by atoms with van der Waals surface area (Å²) in [6, 6.07) is 13.7. The molecule has 2 aliphatic rings. The fourth-order valence-electron chi connectivity index (χ4n) is 4.09. The van der Waals surface area contributed by atoms with Gasteiger partial charge in [0.1, 0.15) is 5.75 Å². The summed E-state index contributed by atoms with van der Waals surface area (Å²) in [5.74, 6) is -1.27. The first-order valence-electron chi connectivity index (χ1n) is 11.0. The van der Waals surface area contributed by atoms with Crippen LogP contribution in [0, 0.1) is 0 Å². The standard InChI is InChI=1S/C25H26N4O4/c1-16-23(25(33)29(28-16)14-6-13-22(30)31)27-26-21-12-5-10-19(24(21)32)15-18-9-4-8-17-7-2-3-11-20(17)18/h2-3,5,7,10-12,15,26,32H,4,6,8-9,13-14H2,1H3,(H,30,31)/b18-15+,27-23-.